The molecule has 6 N–H and O–H groups in total. The third kappa shape index (κ3) is 7.70. The highest BCUT2D eigenvalue weighted by molar-refractivity contribution is 5.80. The van der Waals surface area contributed by atoms with Crippen molar-refractivity contribution >= 4 is 11.6 Å². The Labute approximate surface area is 103 Å². The van der Waals surface area contributed by atoms with Crippen molar-refractivity contribution in [2.75, 3.05) is 6.61 Å². The Bertz CT molecular complexity index is 388. The molecule has 9 nitrogen and oxygen atoms in total. The molecule has 0 atom stereocenters. The maximum Gasteiger partial charge on any atom is 0.291 e. The summed E-state index contributed by atoms with van der Waals surface area (Å²) in [7, 11) is 0. The molecule has 0 fully saturated rings. The SMILES string of the molecule is CCOc1ccc(N=C(N)NN)cc1.O=[N+]([O-])O. The van der Waals surface area contributed by atoms with Gasteiger partial charge in [-0.2, -0.15) is 0 Å². The molecular weight excluding hydrogens is 242 g/mol. The highest BCUT2D eigenvalue weighted by atomic mass is 16.9. The van der Waals surface area contributed by atoms with Crippen LogP contribution in [0.2, 0.25) is 0 Å². The van der Waals surface area contributed by atoms with E-state index in [4.69, 9.17) is 31.6 Å². The number of hydrogen-bond acceptors (Lipinski definition) is 5. The summed E-state index contributed by atoms with van der Waals surface area (Å²) in [5, 5.41) is 13.6. The van der Waals surface area contributed by atoms with E-state index in [0.717, 1.165) is 11.4 Å². The van der Waals surface area contributed by atoms with Crippen molar-refractivity contribution in [1.82, 2.24) is 5.43 Å². The molecule has 9 heteroatoms. The molecule has 0 aromatic heterocycles. The van der Waals surface area contributed by atoms with Gasteiger partial charge in [-0.1, -0.05) is 0 Å². The van der Waals surface area contributed by atoms with Gasteiger partial charge in [0.05, 0.1) is 12.3 Å². The van der Waals surface area contributed by atoms with Crippen LogP contribution in [0, 0.1) is 10.1 Å². The van der Waals surface area contributed by atoms with Crippen molar-refractivity contribution in [3.8, 4) is 5.75 Å². The topological polar surface area (TPSA) is 149 Å². The first-order chi connectivity index (χ1) is 8.49. The molecule has 100 valence electrons. The fourth-order valence-corrected chi connectivity index (χ4v) is 0.955. The largest absolute Gasteiger partial charge is 0.494 e. The number of rotatable bonds is 3. The number of aliphatic imine (C=N–C) groups is 1. The summed E-state index contributed by atoms with van der Waals surface area (Å²) in [6.07, 6.45) is 0. The van der Waals surface area contributed by atoms with E-state index in [1.807, 2.05) is 19.1 Å². The molecule has 0 amide bonds. The highest BCUT2D eigenvalue weighted by Crippen LogP contribution is 2.17. The summed E-state index contributed by atoms with van der Waals surface area (Å²) in [5.41, 5.74) is 8.36. The van der Waals surface area contributed by atoms with E-state index < -0.39 is 5.09 Å². The third-order valence-electron chi connectivity index (χ3n) is 1.55. The Morgan fingerprint density at radius 1 is 1.56 bits per heavy atom. The van der Waals surface area contributed by atoms with E-state index in [9.17, 15) is 0 Å². The third-order valence-corrected chi connectivity index (χ3v) is 1.55. The predicted octanol–water partition coefficient (Wildman–Crippen LogP) is 0.147. The average Bonchev–Trinajstić information content (AvgIpc) is 2.31. The monoisotopic (exact) mass is 257 g/mol. The lowest BCUT2D eigenvalue weighted by Crippen LogP contribution is -2.36. The van der Waals surface area contributed by atoms with E-state index in [2.05, 4.69) is 10.4 Å². The lowest BCUT2D eigenvalue weighted by atomic mass is 10.3. The summed E-state index contributed by atoms with van der Waals surface area (Å²) >= 11 is 0. The Kier molecular flexibility index (Phi) is 7.37. The zero-order valence-electron chi connectivity index (χ0n) is 9.74. The second-order valence-corrected chi connectivity index (χ2v) is 2.81. The van der Waals surface area contributed by atoms with Gasteiger partial charge in [0.2, 0.25) is 5.96 Å². The summed E-state index contributed by atoms with van der Waals surface area (Å²) in [6, 6.07) is 7.25. The van der Waals surface area contributed by atoms with E-state index >= 15 is 0 Å². The zero-order chi connectivity index (χ0) is 14.0. The molecule has 0 aliphatic carbocycles. The van der Waals surface area contributed by atoms with Gasteiger partial charge in [0, 0.05) is 0 Å². The quantitative estimate of drug-likeness (QED) is 0.198. The van der Waals surface area contributed by atoms with E-state index in [0.29, 0.717) is 6.61 Å². The molecule has 1 rings (SSSR count). The van der Waals surface area contributed by atoms with Crippen molar-refractivity contribution in [1.29, 1.82) is 0 Å². The zero-order valence-corrected chi connectivity index (χ0v) is 9.74. The van der Waals surface area contributed by atoms with Crippen molar-refractivity contribution in [2.45, 2.75) is 6.92 Å². The first-order valence-electron chi connectivity index (χ1n) is 4.86. The van der Waals surface area contributed by atoms with Crippen LogP contribution in [-0.4, -0.2) is 22.9 Å². The van der Waals surface area contributed by atoms with Crippen LogP contribution in [0.1, 0.15) is 6.92 Å². The van der Waals surface area contributed by atoms with Crippen LogP contribution in [0.3, 0.4) is 0 Å². The van der Waals surface area contributed by atoms with Gasteiger partial charge in [0.15, 0.2) is 0 Å². The molecule has 0 unspecified atom stereocenters. The van der Waals surface area contributed by atoms with Gasteiger partial charge in [0.25, 0.3) is 5.09 Å². The molecule has 0 radical (unpaired) electrons. The number of ether oxygens (including phenoxy) is 1. The van der Waals surface area contributed by atoms with Gasteiger partial charge in [-0.15, -0.1) is 10.1 Å². The predicted molar refractivity (Wildman–Crippen MR) is 65.0 cm³/mol. The molecule has 1 aromatic rings. The van der Waals surface area contributed by atoms with E-state index in [1.54, 1.807) is 12.1 Å². The molecule has 1 aromatic carbocycles. The van der Waals surface area contributed by atoms with Crippen molar-refractivity contribution < 1.29 is 15.0 Å². The first kappa shape index (κ1) is 15.4. The van der Waals surface area contributed by atoms with Crippen LogP contribution >= 0.6 is 0 Å². The Morgan fingerprint density at radius 2 is 2.06 bits per heavy atom. The minimum absolute atomic E-state index is 0.175. The normalized spacial score (nSPS) is 10.0. The standard InChI is InChI=1S/C9H14N4O.HNO3/c1-2-14-8-5-3-7(4-6-8)12-9(10)13-11;2-1(3)4/h3-6H,2,11H2,1H3,(H3,10,12,13);(H,2,3,4). The van der Waals surface area contributed by atoms with E-state index in [1.165, 1.54) is 0 Å². The minimum Gasteiger partial charge on any atom is -0.494 e. The van der Waals surface area contributed by atoms with Crippen molar-refractivity contribution in [3.05, 3.63) is 34.4 Å². The number of hydrogen-bond donors (Lipinski definition) is 4. The van der Waals surface area contributed by atoms with Gasteiger partial charge in [-0.05, 0) is 31.2 Å². The van der Waals surface area contributed by atoms with Gasteiger partial charge >= 0.3 is 0 Å². The molecule has 0 aliphatic heterocycles. The van der Waals surface area contributed by atoms with E-state index in [-0.39, 0.29) is 5.96 Å². The van der Waals surface area contributed by atoms with Gasteiger partial charge in [-0.25, -0.2) is 10.8 Å². The Hall–Kier alpha value is -2.55. The molecule has 0 bridgehead atoms. The van der Waals surface area contributed by atoms with Crippen LogP contribution in [0.4, 0.5) is 5.69 Å². The van der Waals surface area contributed by atoms with Crippen LogP contribution < -0.4 is 21.7 Å². The smallest absolute Gasteiger partial charge is 0.291 e. The summed E-state index contributed by atoms with van der Waals surface area (Å²) in [4.78, 5) is 12.3. The van der Waals surface area contributed by atoms with Crippen LogP contribution in [0.15, 0.2) is 29.3 Å². The summed E-state index contributed by atoms with van der Waals surface area (Å²) < 4.78 is 5.27. The van der Waals surface area contributed by atoms with Crippen molar-refractivity contribution in [2.24, 2.45) is 16.6 Å². The number of nitrogens with two attached hydrogens (primary N) is 2. The second kappa shape index (κ2) is 8.58. The van der Waals surface area contributed by atoms with Crippen molar-refractivity contribution in [3.63, 3.8) is 0 Å². The number of hydrazine groups is 1. The fourth-order valence-electron chi connectivity index (χ4n) is 0.955. The Balaban J connectivity index is 0.000000631. The second-order valence-electron chi connectivity index (χ2n) is 2.81. The number of guanidine groups is 1. The number of nitrogens with zero attached hydrogens (tertiary/aromatic N) is 2. The van der Waals surface area contributed by atoms with Gasteiger partial charge in [-0.3, -0.25) is 5.43 Å². The van der Waals surface area contributed by atoms with Gasteiger partial charge in [0.1, 0.15) is 5.75 Å². The van der Waals surface area contributed by atoms with Crippen LogP contribution in [0.5, 0.6) is 5.75 Å². The molecule has 0 spiro atoms. The number of benzene rings is 1. The summed E-state index contributed by atoms with van der Waals surface area (Å²) in [5.74, 6) is 6.05. The maximum atomic E-state index is 8.36. The molecule has 0 saturated heterocycles. The molecular formula is C9H15N5O4. The minimum atomic E-state index is -1.50. The maximum absolute atomic E-state index is 8.36. The molecule has 0 saturated carbocycles. The molecule has 18 heavy (non-hydrogen) atoms. The lowest BCUT2D eigenvalue weighted by molar-refractivity contribution is -0.742. The highest BCUT2D eigenvalue weighted by Gasteiger charge is 1.93. The average molecular weight is 257 g/mol. The Morgan fingerprint density at radius 3 is 2.44 bits per heavy atom. The molecule has 0 aliphatic rings. The molecule has 0 heterocycles. The van der Waals surface area contributed by atoms with Gasteiger partial charge < -0.3 is 15.7 Å². The van der Waals surface area contributed by atoms with Crippen LogP contribution in [0.25, 0.3) is 0 Å². The lowest BCUT2D eigenvalue weighted by Gasteiger charge is -2.02. The number of nitrogens with one attached hydrogen (secondary N) is 1. The van der Waals surface area contributed by atoms with Crippen LogP contribution in [-0.2, 0) is 0 Å². The fraction of sp³-hybridized carbons (Fsp3) is 0.222. The first-order valence-corrected chi connectivity index (χ1v) is 4.86. The summed E-state index contributed by atoms with van der Waals surface area (Å²) in [6.45, 7) is 2.58.